The molecule has 1 aliphatic rings. The molecule has 0 saturated carbocycles. The third-order valence-corrected chi connectivity index (χ3v) is 5.45. The van der Waals surface area contributed by atoms with E-state index in [1.807, 2.05) is 30.5 Å². The molecule has 29 heavy (non-hydrogen) atoms. The predicted molar refractivity (Wildman–Crippen MR) is 113 cm³/mol. The van der Waals surface area contributed by atoms with Crippen LogP contribution in [0.25, 0.3) is 11.0 Å². The summed E-state index contributed by atoms with van der Waals surface area (Å²) in [6, 6.07) is 9.93. The largest absolute Gasteiger partial charge is 0.489 e. The maximum atomic E-state index is 11.9. The first-order valence-corrected chi connectivity index (χ1v) is 10.5. The molecule has 0 bridgehead atoms. The molecule has 1 unspecified atom stereocenters. The molecule has 4 rings (SSSR count). The number of pyridine rings is 1. The fourth-order valence-corrected chi connectivity index (χ4v) is 3.95. The van der Waals surface area contributed by atoms with E-state index in [4.69, 9.17) is 14.2 Å². The number of hydrogen-bond acceptors (Lipinski definition) is 5. The summed E-state index contributed by atoms with van der Waals surface area (Å²) in [6.45, 7) is 4.03. The first-order chi connectivity index (χ1) is 14.2. The summed E-state index contributed by atoms with van der Waals surface area (Å²) in [5, 5.41) is 1.05. The second-order valence-corrected chi connectivity index (χ2v) is 7.90. The van der Waals surface area contributed by atoms with Crippen LogP contribution >= 0.6 is 15.9 Å². The van der Waals surface area contributed by atoms with Gasteiger partial charge >= 0.3 is 5.97 Å². The van der Waals surface area contributed by atoms with Crippen LogP contribution in [-0.4, -0.2) is 35.3 Å². The Morgan fingerprint density at radius 1 is 1.34 bits per heavy atom. The zero-order chi connectivity index (χ0) is 20.2. The van der Waals surface area contributed by atoms with E-state index in [9.17, 15) is 4.79 Å². The molecule has 0 spiro atoms. The summed E-state index contributed by atoms with van der Waals surface area (Å²) in [6.07, 6.45) is 5.09. The number of carbonyl (C=O) groups excluding carboxylic acids is 1. The van der Waals surface area contributed by atoms with E-state index >= 15 is 0 Å². The third-order valence-electron chi connectivity index (χ3n) is 5.01. The molecule has 0 aliphatic carbocycles. The summed E-state index contributed by atoms with van der Waals surface area (Å²) >= 11 is 3.52. The number of fused-ring (bicyclic) bond motifs is 1. The highest BCUT2D eigenvalue weighted by Crippen LogP contribution is 2.30. The van der Waals surface area contributed by atoms with Crippen molar-refractivity contribution < 1.29 is 19.0 Å². The number of aromatic nitrogens is 2. The summed E-state index contributed by atoms with van der Waals surface area (Å²) in [7, 11) is 0. The summed E-state index contributed by atoms with van der Waals surface area (Å²) in [5.74, 6) is 0.433. The van der Waals surface area contributed by atoms with E-state index in [0.717, 1.165) is 39.7 Å². The smallest absolute Gasteiger partial charge is 0.310 e. The van der Waals surface area contributed by atoms with Gasteiger partial charge in [0.2, 0.25) is 0 Å². The molecule has 3 heterocycles. The highest BCUT2D eigenvalue weighted by Gasteiger charge is 2.22. The summed E-state index contributed by atoms with van der Waals surface area (Å²) < 4.78 is 19.9. The number of hydrogen-bond donors (Lipinski definition) is 0. The Kier molecular flexibility index (Phi) is 6.16. The maximum Gasteiger partial charge on any atom is 0.310 e. The number of nitrogens with zero attached hydrogens (tertiary/aromatic N) is 2. The molecule has 6 nitrogen and oxygen atoms in total. The van der Waals surface area contributed by atoms with Crippen molar-refractivity contribution in [2.24, 2.45) is 0 Å². The average molecular weight is 459 g/mol. The number of rotatable bonds is 7. The van der Waals surface area contributed by atoms with Gasteiger partial charge < -0.3 is 18.8 Å². The van der Waals surface area contributed by atoms with E-state index in [1.165, 1.54) is 0 Å². The van der Waals surface area contributed by atoms with Crippen LogP contribution < -0.4 is 4.74 Å². The van der Waals surface area contributed by atoms with E-state index in [0.29, 0.717) is 25.6 Å². The lowest BCUT2D eigenvalue weighted by molar-refractivity contribution is -0.142. The predicted octanol–water partition coefficient (Wildman–Crippen LogP) is 4.44. The van der Waals surface area contributed by atoms with Gasteiger partial charge in [-0.25, -0.2) is 4.98 Å². The molecule has 3 aromatic rings. The van der Waals surface area contributed by atoms with Crippen molar-refractivity contribution in [3.63, 3.8) is 0 Å². The summed E-state index contributed by atoms with van der Waals surface area (Å²) in [4.78, 5) is 16.5. The lowest BCUT2D eigenvalue weighted by Gasteiger charge is -2.11. The number of carbonyl (C=O) groups is 1. The first kappa shape index (κ1) is 19.9. The minimum Gasteiger partial charge on any atom is -0.489 e. The van der Waals surface area contributed by atoms with Crippen molar-refractivity contribution in [3.05, 3.63) is 58.3 Å². The Morgan fingerprint density at radius 2 is 2.21 bits per heavy atom. The molecule has 0 N–H and O–H groups in total. The number of esters is 1. The SMILES string of the molecule is CCOC(=O)Cc1ccccc1OCc1cn(C2CCOC2)c2ncc(Br)cc12. The standard InChI is InChI=1S/C22H23BrN2O4/c1-2-28-21(26)9-15-5-3-4-6-20(15)29-13-16-12-25(18-7-8-27-14-18)22-19(16)10-17(23)11-24-22/h3-6,10-12,18H,2,7-9,13-14H2,1H3. The lowest BCUT2D eigenvalue weighted by Crippen LogP contribution is -2.09. The van der Waals surface area contributed by atoms with E-state index in [2.05, 4.69) is 37.7 Å². The van der Waals surface area contributed by atoms with Gasteiger partial charge in [-0.1, -0.05) is 18.2 Å². The van der Waals surface area contributed by atoms with Crippen LogP contribution in [0.5, 0.6) is 5.75 Å². The minimum absolute atomic E-state index is 0.193. The van der Waals surface area contributed by atoms with Gasteiger partial charge in [0.1, 0.15) is 18.0 Å². The monoisotopic (exact) mass is 458 g/mol. The Bertz CT molecular complexity index is 1010. The molecule has 1 saturated heterocycles. The van der Waals surface area contributed by atoms with Gasteiger partial charge in [-0.3, -0.25) is 4.79 Å². The Morgan fingerprint density at radius 3 is 3.00 bits per heavy atom. The fourth-order valence-electron chi connectivity index (χ4n) is 3.62. The van der Waals surface area contributed by atoms with Crippen LogP contribution in [0.1, 0.15) is 30.5 Å². The van der Waals surface area contributed by atoms with Crippen LogP contribution in [0.15, 0.2) is 47.2 Å². The maximum absolute atomic E-state index is 11.9. The van der Waals surface area contributed by atoms with Crippen molar-refractivity contribution >= 4 is 32.9 Å². The number of halogens is 1. The zero-order valence-electron chi connectivity index (χ0n) is 16.3. The Labute approximate surface area is 177 Å². The van der Waals surface area contributed by atoms with Crippen LogP contribution in [0.3, 0.4) is 0 Å². The number of benzene rings is 1. The van der Waals surface area contributed by atoms with E-state index < -0.39 is 0 Å². The molecule has 152 valence electrons. The van der Waals surface area contributed by atoms with Gasteiger partial charge in [-0.15, -0.1) is 0 Å². The lowest BCUT2D eigenvalue weighted by atomic mass is 10.1. The molecule has 1 fully saturated rings. The average Bonchev–Trinajstić information content (AvgIpc) is 3.35. The highest BCUT2D eigenvalue weighted by atomic mass is 79.9. The second-order valence-electron chi connectivity index (χ2n) is 6.98. The van der Waals surface area contributed by atoms with E-state index in [1.54, 1.807) is 6.92 Å². The molecule has 1 atom stereocenters. The molecule has 7 heteroatoms. The van der Waals surface area contributed by atoms with Crippen molar-refractivity contribution in [1.82, 2.24) is 9.55 Å². The Hall–Kier alpha value is -2.38. The molecule has 0 amide bonds. The van der Waals surface area contributed by atoms with Gasteiger partial charge in [-0.2, -0.15) is 0 Å². The molecule has 0 radical (unpaired) electrons. The Balaban J connectivity index is 1.59. The van der Waals surface area contributed by atoms with Gasteiger partial charge in [0, 0.05) is 40.0 Å². The number of para-hydroxylation sites is 1. The van der Waals surface area contributed by atoms with Crippen LogP contribution in [0, 0.1) is 0 Å². The minimum atomic E-state index is -0.255. The van der Waals surface area contributed by atoms with Gasteiger partial charge in [0.15, 0.2) is 0 Å². The van der Waals surface area contributed by atoms with Crippen molar-refractivity contribution in [1.29, 1.82) is 0 Å². The van der Waals surface area contributed by atoms with Gasteiger partial charge in [0.05, 0.1) is 25.7 Å². The van der Waals surface area contributed by atoms with Crippen molar-refractivity contribution in [2.45, 2.75) is 32.4 Å². The van der Waals surface area contributed by atoms with Gasteiger partial charge in [-0.05, 0) is 41.4 Å². The molecule has 1 aliphatic heterocycles. The normalized spacial score (nSPS) is 16.3. The second kappa shape index (κ2) is 8.97. The zero-order valence-corrected chi connectivity index (χ0v) is 17.9. The molecular formula is C22H23BrN2O4. The fraction of sp³-hybridized carbons (Fsp3) is 0.364. The quantitative estimate of drug-likeness (QED) is 0.489. The van der Waals surface area contributed by atoms with Crippen molar-refractivity contribution in [2.75, 3.05) is 19.8 Å². The molecule has 1 aromatic carbocycles. The van der Waals surface area contributed by atoms with Crippen LogP contribution in [0.4, 0.5) is 0 Å². The van der Waals surface area contributed by atoms with E-state index in [-0.39, 0.29) is 18.4 Å². The first-order valence-electron chi connectivity index (χ1n) is 9.74. The number of ether oxygens (including phenoxy) is 3. The topological polar surface area (TPSA) is 62.6 Å². The molecule has 2 aromatic heterocycles. The van der Waals surface area contributed by atoms with Crippen LogP contribution in [-0.2, 0) is 27.3 Å². The highest BCUT2D eigenvalue weighted by molar-refractivity contribution is 9.10. The van der Waals surface area contributed by atoms with Gasteiger partial charge in [0.25, 0.3) is 0 Å². The molecular weight excluding hydrogens is 436 g/mol. The van der Waals surface area contributed by atoms with Crippen molar-refractivity contribution in [3.8, 4) is 5.75 Å². The summed E-state index contributed by atoms with van der Waals surface area (Å²) in [5.41, 5.74) is 2.80. The van der Waals surface area contributed by atoms with Crippen LogP contribution in [0.2, 0.25) is 0 Å². The third kappa shape index (κ3) is 4.46.